The highest BCUT2D eigenvalue weighted by molar-refractivity contribution is 5.87. The standard InChI is InChI=1S/C9H15N3O3/c1-7(13)8-6-15-9(14)12(8)11-4-2-10-3-5-11/h8,10H,2-6H2,1H3. The van der Waals surface area contributed by atoms with Crippen molar-refractivity contribution >= 4 is 11.9 Å². The maximum Gasteiger partial charge on any atom is 0.425 e. The summed E-state index contributed by atoms with van der Waals surface area (Å²) in [6.07, 6.45) is -0.405. The van der Waals surface area contributed by atoms with Gasteiger partial charge in [0.2, 0.25) is 0 Å². The summed E-state index contributed by atoms with van der Waals surface area (Å²) in [5, 5.41) is 6.54. The van der Waals surface area contributed by atoms with Crippen molar-refractivity contribution in [2.75, 3.05) is 32.8 Å². The van der Waals surface area contributed by atoms with Gasteiger partial charge in [-0.15, -0.1) is 0 Å². The number of piperazine rings is 1. The molecule has 2 aliphatic heterocycles. The molecule has 2 fully saturated rings. The maximum absolute atomic E-state index is 11.5. The van der Waals surface area contributed by atoms with Crippen LogP contribution in [0.2, 0.25) is 0 Å². The number of nitrogens with zero attached hydrogens (tertiary/aromatic N) is 2. The number of amides is 1. The third-order valence-electron chi connectivity index (χ3n) is 2.71. The molecule has 15 heavy (non-hydrogen) atoms. The Hall–Kier alpha value is -1.14. The van der Waals surface area contributed by atoms with E-state index < -0.39 is 12.1 Å². The number of carbonyl (C=O) groups excluding carboxylic acids is 2. The molecule has 1 N–H and O–H groups in total. The number of rotatable bonds is 2. The SMILES string of the molecule is CC(=O)C1COC(=O)N1N1CCNCC1. The van der Waals surface area contributed by atoms with Crippen LogP contribution in [0.4, 0.5) is 4.79 Å². The Balaban J connectivity index is 2.09. The normalized spacial score (nSPS) is 27.9. The van der Waals surface area contributed by atoms with Crippen molar-refractivity contribution in [2.45, 2.75) is 13.0 Å². The van der Waals surface area contributed by atoms with Gasteiger partial charge < -0.3 is 10.1 Å². The second-order valence-electron chi connectivity index (χ2n) is 3.75. The molecule has 2 heterocycles. The molecule has 0 aromatic rings. The molecule has 0 aromatic carbocycles. The molecule has 1 atom stereocenters. The molecule has 1 amide bonds. The van der Waals surface area contributed by atoms with Gasteiger partial charge in [0, 0.05) is 26.2 Å². The van der Waals surface area contributed by atoms with Crippen molar-refractivity contribution in [3.63, 3.8) is 0 Å². The molecule has 0 aromatic heterocycles. The monoisotopic (exact) mass is 213 g/mol. The third kappa shape index (κ3) is 1.95. The van der Waals surface area contributed by atoms with Crippen molar-refractivity contribution in [2.24, 2.45) is 0 Å². The highest BCUT2D eigenvalue weighted by Crippen LogP contribution is 2.16. The molecule has 1 unspecified atom stereocenters. The number of hydrazine groups is 1. The minimum absolute atomic E-state index is 0.0283. The Morgan fingerprint density at radius 1 is 1.47 bits per heavy atom. The smallest absolute Gasteiger partial charge is 0.425 e. The van der Waals surface area contributed by atoms with Gasteiger partial charge in [-0.1, -0.05) is 0 Å². The van der Waals surface area contributed by atoms with E-state index in [1.807, 2.05) is 5.01 Å². The average molecular weight is 213 g/mol. The number of nitrogens with one attached hydrogen (secondary N) is 1. The summed E-state index contributed by atoms with van der Waals surface area (Å²) >= 11 is 0. The van der Waals surface area contributed by atoms with E-state index in [0.717, 1.165) is 26.2 Å². The van der Waals surface area contributed by atoms with Crippen LogP contribution in [-0.2, 0) is 9.53 Å². The zero-order chi connectivity index (χ0) is 10.8. The van der Waals surface area contributed by atoms with E-state index in [9.17, 15) is 9.59 Å². The molecule has 2 rings (SSSR count). The van der Waals surface area contributed by atoms with Crippen LogP contribution in [0, 0.1) is 0 Å². The first-order chi connectivity index (χ1) is 7.20. The molecule has 2 saturated heterocycles. The highest BCUT2D eigenvalue weighted by atomic mass is 16.6. The molecule has 6 heteroatoms. The van der Waals surface area contributed by atoms with Crippen molar-refractivity contribution in [1.29, 1.82) is 0 Å². The van der Waals surface area contributed by atoms with Crippen LogP contribution in [0.25, 0.3) is 0 Å². The summed E-state index contributed by atoms with van der Waals surface area (Å²) in [6, 6.07) is -0.435. The first kappa shape index (κ1) is 10.4. The van der Waals surface area contributed by atoms with Crippen LogP contribution in [0.1, 0.15) is 6.92 Å². The van der Waals surface area contributed by atoms with Gasteiger partial charge in [0.15, 0.2) is 5.78 Å². The number of hydrogen-bond acceptors (Lipinski definition) is 5. The quantitative estimate of drug-likeness (QED) is 0.651. The molecule has 2 aliphatic rings. The van der Waals surface area contributed by atoms with Gasteiger partial charge in [-0.25, -0.2) is 14.8 Å². The number of ether oxygens (including phenoxy) is 1. The Labute approximate surface area is 88.1 Å². The summed E-state index contributed by atoms with van der Waals surface area (Å²) in [5.74, 6) is -0.0283. The van der Waals surface area contributed by atoms with E-state index in [1.54, 1.807) is 0 Å². The predicted molar refractivity (Wildman–Crippen MR) is 52.1 cm³/mol. The molecule has 0 bridgehead atoms. The summed E-state index contributed by atoms with van der Waals surface area (Å²) in [5.41, 5.74) is 0. The van der Waals surface area contributed by atoms with Gasteiger partial charge >= 0.3 is 6.09 Å². The lowest BCUT2D eigenvalue weighted by Crippen LogP contribution is -2.56. The van der Waals surface area contributed by atoms with Crippen molar-refractivity contribution < 1.29 is 14.3 Å². The van der Waals surface area contributed by atoms with Crippen LogP contribution in [0.5, 0.6) is 0 Å². The summed E-state index contributed by atoms with van der Waals surface area (Å²) in [4.78, 5) is 22.8. The van der Waals surface area contributed by atoms with Gasteiger partial charge in [0.05, 0.1) is 0 Å². The topological polar surface area (TPSA) is 61.9 Å². The van der Waals surface area contributed by atoms with E-state index in [1.165, 1.54) is 11.9 Å². The zero-order valence-corrected chi connectivity index (χ0v) is 8.73. The second kappa shape index (κ2) is 4.16. The number of Topliss-reactive ketones (excluding diaryl/α,β-unsaturated/α-hetero) is 1. The minimum Gasteiger partial charge on any atom is -0.446 e. The lowest BCUT2D eigenvalue weighted by Gasteiger charge is -2.35. The Kier molecular flexibility index (Phi) is 2.88. The van der Waals surface area contributed by atoms with E-state index >= 15 is 0 Å². The lowest BCUT2D eigenvalue weighted by atomic mass is 10.2. The van der Waals surface area contributed by atoms with E-state index in [0.29, 0.717) is 0 Å². The molecule has 0 radical (unpaired) electrons. The van der Waals surface area contributed by atoms with Crippen LogP contribution in [-0.4, -0.2) is 60.7 Å². The molecule has 6 nitrogen and oxygen atoms in total. The first-order valence-electron chi connectivity index (χ1n) is 5.12. The number of ketones is 1. The van der Waals surface area contributed by atoms with Crippen LogP contribution < -0.4 is 5.32 Å². The van der Waals surface area contributed by atoms with Gasteiger partial charge in [-0.05, 0) is 6.92 Å². The Bertz CT molecular complexity index is 276. The van der Waals surface area contributed by atoms with Crippen molar-refractivity contribution in [3.05, 3.63) is 0 Å². The number of cyclic esters (lactones) is 1. The average Bonchev–Trinajstić information content (AvgIpc) is 2.61. The van der Waals surface area contributed by atoms with Gasteiger partial charge in [-0.3, -0.25) is 4.79 Å². The van der Waals surface area contributed by atoms with E-state index in [2.05, 4.69) is 5.32 Å². The maximum atomic E-state index is 11.5. The Morgan fingerprint density at radius 3 is 2.73 bits per heavy atom. The lowest BCUT2D eigenvalue weighted by molar-refractivity contribution is -0.125. The second-order valence-corrected chi connectivity index (χ2v) is 3.75. The van der Waals surface area contributed by atoms with Crippen LogP contribution in [0.3, 0.4) is 0 Å². The zero-order valence-electron chi connectivity index (χ0n) is 8.73. The van der Waals surface area contributed by atoms with E-state index in [-0.39, 0.29) is 12.4 Å². The van der Waals surface area contributed by atoms with Crippen molar-refractivity contribution in [1.82, 2.24) is 15.3 Å². The predicted octanol–water partition coefficient (Wildman–Crippen LogP) is -0.784. The number of hydrogen-bond donors (Lipinski definition) is 1. The Morgan fingerprint density at radius 2 is 2.13 bits per heavy atom. The minimum atomic E-state index is -0.435. The summed E-state index contributed by atoms with van der Waals surface area (Å²) in [6.45, 7) is 4.79. The molecule has 0 spiro atoms. The van der Waals surface area contributed by atoms with Crippen LogP contribution >= 0.6 is 0 Å². The fourth-order valence-electron chi connectivity index (χ4n) is 1.88. The molecular formula is C9H15N3O3. The molecule has 0 saturated carbocycles. The van der Waals surface area contributed by atoms with Crippen LogP contribution in [0.15, 0.2) is 0 Å². The highest BCUT2D eigenvalue weighted by Gasteiger charge is 2.40. The van der Waals surface area contributed by atoms with Gasteiger partial charge in [-0.2, -0.15) is 0 Å². The van der Waals surface area contributed by atoms with Gasteiger partial charge in [0.25, 0.3) is 0 Å². The molecule has 0 aliphatic carbocycles. The summed E-state index contributed by atoms with van der Waals surface area (Å²) < 4.78 is 4.90. The molecular weight excluding hydrogens is 198 g/mol. The largest absolute Gasteiger partial charge is 0.446 e. The van der Waals surface area contributed by atoms with Gasteiger partial charge in [0.1, 0.15) is 12.6 Å². The van der Waals surface area contributed by atoms with Crippen molar-refractivity contribution in [3.8, 4) is 0 Å². The summed E-state index contributed by atoms with van der Waals surface area (Å²) in [7, 11) is 0. The molecule has 84 valence electrons. The third-order valence-corrected chi connectivity index (χ3v) is 2.71. The number of carbonyl (C=O) groups is 2. The first-order valence-corrected chi connectivity index (χ1v) is 5.12. The fraction of sp³-hybridized carbons (Fsp3) is 0.778. The fourth-order valence-corrected chi connectivity index (χ4v) is 1.88. The van der Waals surface area contributed by atoms with E-state index in [4.69, 9.17) is 4.74 Å².